The Morgan fingerprint density at radius 3 is 3.00 bits per heavy atom. The van der Waals surface area contributed by atoms with Crippen LogP contribution in [-0.4, -0.2) is 22.2 Å². The summed E-state index contributed by atoms with van der Waals surface area (Å²) in [5.41, 5.74) is 0. The van der Waals surface area contributed by atoms with Crippen LogP contribution in [0.1, 0.15) is 49.6 Å². The normalized spacial score (nSPS) is 16.8. The molecule has 2 heterocycles. The summed E-state index contributed by atoms with van der Waals surface area (Å²) in [4.78, 5) is 13.4. The third-order valence-electron chi connectivity index (χ3n) is 4.15. The van der Waals surface area contributed by atoms with Gasteiger partial charge in [0, 0.05) is 17.0 Å². The Balaban J connectivity index is 1.53. The lowest BCUT2D eigenvalue weighted by Crippen LogP contribution is -2.30. The molecule has 0 radical (unpaired) electrons. The number of hydrogen-bond donors (Lipinski definition) is 2. The number of amides is 1. The predicted molar refractivity (Wildman–Crippen MR) is 89.1 cm³/mol. The fourth-order valence-electron chi connectivity index (χ4n) is 2.92. The van der Waals surface area contributed by atoms with Gasteiger partial charge in [-0.15, -0.1) is 11.3 Å². The average molecular weight is 318 g/mol. The van der Waals surface area contributed by atoms with E-state index < -0.39 is 0 Å². The van der Waals surface area contributed by atoms with Gasteiger partial charge in [-0.1, -0.05) is 18.9 Å². The molecule has 1 atom stereocenters. The standard InChI is InChI=1S/C16H22N4OS/c1-12(14-7-4-10-22-14)17-11-16(21)19-15-8-9-18-20(15)13-5-2-3-6-13/h4,7-10,12-13,17H,2-3,5-6,11H2,1H3,(H,19,21). The van der Waals surface area contributed by atoms with E-state index in [-0.39, 0.29) is 11.9 Å². The minimum atomic E-state index is -0.0249. The fourth-order valence-corrected chi connectivity index (χ4v) is 3.68. The van der Waals surface area contributed by atoms with Gasteiger partial charge in [0.05, 0.1) is 18.8 Å². The van der Waals surface area contributed by atoms with Crippen LogP contribution in [-0.2, 0) is 4.79 Å². The molecular formula is C16H22N4OS. The third kappa shape index (κ3) is 3.56. The molecule has 0 aliphatic heterocycles. The van der Waals surface area contributed by atoms with Crippen LogP contribution in [0.25, 0.3) is 0 Å². The molecular weight excluding hydrogens is 296 g/mol. The van der Waals surface area contributed by atoms with E-state index in [2.05, 4.69) is 28.7 Å². The number of carbonyl (C=O) groups excluding carboxylic acids is 1. The predicted octanol–water partition coefficient (Wildman–Crippen LogP) is 3.35. The van der Waals surface area contributed by atoms with Crippen LogP contribution in [0, 0.1) is 0 Å². The number of rotatable bonds is 6. The summed E-state index contributed by atoms with van der Waals surface area (Å²) in [5.74, 6) is 0.783. The molecule has 0 saturated heterocycles. The lowest BCUT2D eigenvalue weighted by Gasteiger charge is -2.16. The molecule has 0 aromatic carbocycles. The summed E-state index contributed by atoms with van der Waals surface area (Å²) in [7, 11) is 0. The van der Waals surface area contributed by atoms with E-state index in [1.54, 1.807) is 17.5 Å². The minimum absolute atomic E-state index is 0.0249. The van der Waals surface area contributed by atoms with Crippen LogP contribution < -0.4 is 10.6 Å². The highest BCUT2D eigenvalue weighted by atomic mass is 32.1. The molecule has 0 spiro atoms. The van der Waals surface area contributed by atoms with Crippen molar-refractivity contribution in [2.75, 3.05) is 11.9 Å². The molecule has 2 N–H and O–H groups in total. The summed E-state index contributed by atoms with van der Waals surface area (Å²) in [6.45, 7) is 2.37. The second-order valence-electron chi connectivity index (χ2n) is 5.77. The highest BCUT2D eigenvalue weighted by molar-refractivity contribution is 7.10. The molecule has 0 bridgehead atoms. The van der Waals surface area contributed by atoms with Gasteiger partial charge in [0.1, 0.15) is 5.82 Å². The molecule has 1 aliphatic carbocycles. The van der Waals surface area contributed by atoms with Crippen molar-refractivity contribution in [2.45, 2.75) is 44.7 Å². The zero-order valence-electron chi connectivity index (χ0n) is 12.8. The van der Waals surface area contributed by atoms with Crippen LogP contribution in [0.2, 0.25) is 0 Å². The van der Waals surface area contributed by atoms with Gasteiger partial charge in [0.15, 0.2) is 0 Å². The highest BCUT2D eigenvalue weighted by Gasteiger charge is 2.20. The molecule has 6 heteroatoms. The first-order chi connectivity index (χ1) is 10.7. The van der Waals surface area contributed by atoms with Crippen molar-refractivity contribution < 1.29 is 4.79 Å². The second kappa shape index (κ2) is 7.07. The van der Waals surface area contributed by atoms with Crippen LogP contribution in [0.3, 0.4) is 0 Å². The molecule has 1 saturated carbocycles. The monoisotopic (exact) mass is 318 g/mol. The smallest absolute Gasteiger partial charge is 0.239 e. The molecule has 1 fully saturated rings. The Morgan fingerprint density at radius 1 is 1.45 bits per heavy atom. The Hall–Kier alpha value is -1.66. The summed E-state index contributed by atoms with van der Waals surface area (Å²) >= 11 is 1.70. The average Bonchev–Trinajstić information content (AvgIpc) is 3.24. The van der Waals surface area contributed by atoms with E-state index in [4.69, 9.17) is 0 Å². The molecule has 5 nitrogen and oxygen atoms in total. The number of aromatic nitrogens is 2. The van der Waals surface area contributed by atoms with E-state index in [9.17, 15) is 4.79 Å². The summed E-state index contributed by atoms with van der Waals surface area (Å²) in [6.07, 6.45) is 6.56. The van der Waals surface area contributed by atoms with E-state index in [1.807, 2.05) is 22.2 Å². The maximum absolute atomic E-state index is 12.1. The molecule has 2 aromatic rings. The molecule has 118 valence electrons. The molecule has 2 aromatic heterocycles. The highest BCUT2D eigenvalue weighted by Crippen LogP contribution is 2.31. The van der Waals surface area contributed by atoms with Crippen LogP contribution >= 0.6 is 11.3 Å². The molecule has 22 heavy (non-hydrogen) atoms. The van der Waals surface area contributed by atoms with Crippen molar-refractivity contribution in [1.82, 2.24) is 15.1 Å². The largest absolute Gasteiger partial charge is 0.310 e. The Morgan fingerprint density at radius 2 is 2.27 bits per heavy atom. The number of thiophene rings is 1. The Kier molecular flexibility index (Phi) is 4.90. The summed E-state index contributed by atoms with van der Waals surface area (Å²) in [6, 6.07) is 6.60. The van der Waals surface area contributed by atoms with Gasteiger partial charge < -0.3 is 10.6 Å². The summed E-state index contributed by atoms with van der Waals surface area (Å²) < 4.78 is 1.97. The van der Waals surface area contributed by atoms with Crippen molar-refractivity contribution in [3.8, 4) is 0 Å². The van der Waals surface area contributed by atoms with Crippen LogP contribution in [0.5, 0.6) is 0 Å². The van der Waals surface area contributed by atoms with Crippen LogP contribution in [0.4, 0.5) is 5.82 Å². The lowest BCUT2D eigenvalue weighted by atomic mass is 10.2. The SMILES string of the molecule is CC(NCC(=O)Nc1ccnn1C1CCCC1)c1cccs1. The van der Waals surface area contributed by atoms with Gasteiger partial charge >= 0.3 is 0 Å². The van der Waals surface area contributed by atoms with Crippen molar-refractivity contribution in [2.24, 2.45) is 0 Å². The minimum Gasteiger partial charge on any atom is -0.310 e. The van der Waals surface area contributed by atoms with Gasteiger partial charge in [-0.05, 0) is 31.2 Å². The maximum atomic E-state index is 12.1. The lowest BCUT2D eigenvalue weighted by molar-refractivity contribution is -0.115. The third-order valence-corrected chi connectivity index (χ3v) is 5.20. The Bertz CT molecular complexity index is 601. The number of carbonyl (C=O) groups is 1. The first-order valence-corrected chi connectivity index (χ1v) is 8.72. The number of anilines is 1. The number of nitrogens with zero attached hydrogens (tertiary/aromatic N) is 2. The van der Waals surface area contributed by atoms with E-state index >= 15 is 0 Å². The zero-order valence-corrected chi connectivity index (χ0v) is 13.6. The van der Waals surface area contributed by atoms with Crippen molar-refractivity contribution in [3.63, 3.8) is 0 Å². The van der Waals surface area contributed by atoms with E-state index in [0.29, 0.717) is 12.6 Å². The van der Waals surface area contributed by atoms with Crippen molar-refractivity contribution in [3.05, 3.63) is 34.7 Å². The van der Waals surface area contributed by atoms with Crippen LogP contribution in [0.15, 0.2) is 29.8 Å². The Labute approximate surface area is 134 Å². The molecule has 1 unspecified atom stereocenters. The van der Waals surface area contributed by atoms with Gasteiger partial charge in [0.25, 0.3) is 0 Å². The fraction of sp³-hybridized carbons (Fsp3) is 0.500. The van der Waals surface area contributed by atoms with E-state index in [1.165, 1.54) is 17.7 Å². The molecule has 3 rings (SSSR count). The van der Waals surface area contributed by atoms with Crippen molar-refractivity contribution in [1.29, 1.82) is 0 Å². The van der Waals surface area contributed by atoms with Gasteiger partial charge in [0.2, 0.25) is 5.91 Å². The topological polar surface area (TPSA) is 59.0 Å². The number of nitrogens with one attached hydrogen (secondary N) is 2. The number of hydrogen-bond acceptors (Lipinski definition) is 4. The second-order valence-corrected chi connectivity index (χ2v) is 6.74. The van der Waals surface area contributed by atoms with Gasteiger partial charge in [-0.2, -0.15) is 5.10 Å². The molecule has 1 amide bonds. The zero-order chi connectivity index (χ0) is 15.4. The van der Waals surface area contributed by atoms with E-state index in [0.717, 1.165) is 18.7 Å². The first-order valence-electron chi connectivity index (χ1n) is 7.84. The molecule has 1 aliphatic rings. The van der Waals surface area contributed by atoms with Gasteiger partial charge in [-0.3, -0.25) is 4.79 Å². The summed E-state index contributed by atoms with van der Waals surface area (Å²) in [5, 5.41) is 12.6. The van der Waals surface area contributed by atoms with Crippen molar-refractivity contribution >= 4 is 23.1 Å². The first kappa shape index (κ1) is 15.2. The quantitative estimate of drug-likeness (QED) is 0.859. The maximum Gasteiger partial charge on any atom is 0.239 e. The van der Waals surface area contributed by atoms with Gasteiger partial charge in [-0.25, -0.2) is 4.68 Å².